The summed E-state index contributed by atoms with van der Waals surface area (Å²) in [6.45, 7) is 6.67. The van der Waals surface area contributed by atoms with Crippen LogP contribution in [-0.4, -0.2) is 34.3 Å². The topological polar surface area (TPSA) is 90.2 Å². The predicted octanol–water partition coefficient (Wildman–Crippen LogP) is 1.68. The summed E-state index contributed by atoms with van der Waals surface area (Å²) in [7, 11) is 0. The first-order chi connectivity index (χ1) is 9.58. The number of nitro groups is 1. The molecule has 0 bridgehead atoms. The highest BCUT2D eigenvalue weighted by molar-refractivity contribution is 5.61. The van der Waals surface area contributed by atoms with E-state index in [9.17, 15) is 10.1 Å². The summed E-state index contributed by atoms with van der Waals surface area (Å²) < 4.78 is 1.75. The Bertz CT molecular complexity index is 483. The van der Waals surface area contributed by atoms with Crippen LogP contribution < -0.4 is 10.6 Å². The van der Waals surface area contributed by atoms with Gasteiger partial charge in [0.1, 0.15) is 5.69 Å². The van der Waals surface area contributed by atoms with Crippen LogP contribution in [0.15, 0.2) is 0 Å². The largest absolute Gasteiger partial charge is 0.351 e. The first-order valence-corrected chi connectivity index (χ1v) is 7.25. The molecule has 1 aromatic rings. The third-order valence-corrected chi connectivity index (χ3v) is 3.95. The molecule has 0 saturated carbocycles. The van der Waals surface area contributed by atoms with E-state index in [-0.39, 0.29) is 10.6 Å². The Kier molecular flexibility index (Phi) is 4.59. The van der Waals surface area contributed by atoms with E-state index in [2.05, 4.69) is 10.00 Å². The zero-order chi connectivity index (χ0) is 14.7. The average molecular weight is 281 g/mol. The summed E-state index contributed by atoms with van der Waals surface area (Å²) in [4.78, 5) is 13.1. The van der Waals surface area contributed by atoms with Crippen molar-refractivity contribution in [2.45, 2.75) is 39.7 Å². The van der Waals surface area contributed by atoms with Crippen molar-refractivity contribution in [3.05, 3.63) is 15.8 Å². The molecular formula is C13H23N5O2. The molecule has 20 heavy (non-hydrogen) atoms. The summed E-state index contributed by atoms with van der Waals surface area (Å²) in [6, 6.07) is 0. The summed E-state index contributed by atoms with van der Waals surface area (Å²) in [6.07, 6.45) is 3.18. The van der Waals surface area contributed by atoms with E-state index >= 15 is 0 Å². The van der Waals surface area contributed by atoms with Gasteiger partial charge in [-0.05, 0) is 45.6 Å². The van der Waals surface area contributed by atoms with Crippen LogP contribution in [0.4, 0.5) is 11.5 Å². The van der Waals surface area contributed by atoms with Gasteiger partial charge in [0.25, 0.3) is 0 Å². The quantitative estimate of drug-likeness (QED) is 0.655. The number of rotatable bonds is 5. The summed E-state index contributed by atoms with van der Waals surface area (Å²) >= 11 is 0. The van der Waals surface area contributed by atoms with Gasteiger partial charge < -0.3 is 10.6 Å². The highest BCUT2D eigenvalue weighted by Crippen LogP contribution is 2.34. The van der Waals surface area contributed by atoms with Crippen molar-refractivity contribution in [1.29, 1.82) is 0 Å². The Morgan fingerprint density at radius 1 is 1.55 bits per heavy atom. The molecule has 1 aromatic heterocycles. The fourth-order valence-corrected chi connectivity index (χ4v) is 3.04. The number of hydrogen-bond donors (Lipinski definition) is 1. The normalized spacial score (nSPS) is 19.4. The second-order valence-electron chi connectivity index (χ2n) is 5.36. The van der Waals surface area contributed by atoms with Crippen molar-refractivity contribution in [3.8, 4) is 0 Å². The van der Waals surface area contributed by atoms with Gasteiger partial charge in [0.15, 0.2) is 0 Å². The van der Waals surface area contributed by atoms with Gasteiger partial charge >= 0.3 is 5.69 Å². The molecular weight excluding hydrogens is 258 g/mol. The van der Waals surface area contributed by atoms with E-state index in [1.807, 2.05) is 6.92 Å². The molecule has 1 fully saturated rings. The van der Waals surface area contributed by atoms with E-state index in [1.54, 1.807) is 11.6 Å². The van der Waals surface area contributed by atoms with Crippen molar-refractivity contribution < 1.29 is 4.92 Å². The van der Waals surface area contributed by atoms with Crippen LogP contribution in [0.1, 0.15) is 31.9 Å². The van der Waals surface area contributed by atoms with E-state index in [0.717, 1.165) is 32.4 Å². The standard InChI is InChI=1S/C13H23N5O2/c1-3-17-13(12(18(19)20)10(2)15-17)16-8-4-5-11(9-16)6-7-14/h11H,3-9,14H2,1-2H3. The van der Waals surface area contributed by atoms with E-state index in [4.69, 9.17) is 5.73 Å². The zero-order valence-corrected chi connectivity index (χ0v) is 12.2. The van der Waals surface area contributed by atoms with Crippen molar-refractivity contribution in [2.75, 3.05) is 24.5 Å². The lowest BCUT2D eigenvalue weighted by atomic mass is 9.95. The predicted molar refractivity (Wildman–Crippen MR) is 77.9 cm³/mol. The van der Waals surface area contributed by atoms with Gasteiger partial charge in [0, 0.05) is 19.6 Å². The molecule has 1 aliphatic rings. The molecule has 1 saturated heterocycles. The maximum absolute atomic E-state index is 11.3. The smallest absolute Gasteiger partial charge is 0.333 e. The lowest BCUT2D eigenvalue weighted by molar-refractivity contribution is -0.384. The Hall–Kier alpha value is -1.63. The summed E-state index contributed by atoms with van der Waals surface area (Å²) in [5.41, 5.74) is 6.28. The fraction of sp³-hybridized carbons (Fsp3) is 0.769. The minimum atomic E-state index is -0.309. The second-order valence-corrected chi connectivity index (χ2v) is 5.36. The molecule has 0 spiro atoms. The van der Waals surface area contributed by atoms with Gasteiger partial charge in [-0.2, -0.15) is 5.10 Å². The summed E-state index contributed by atoms with van der Waals surface area (Å²) in [5.74, 6) is 1.19. The van der Waals surface area contributed by atoms with Gasteiger partial charge in [-0.1, -0.05) is 0 Å². The molecule has 0 aliphatic carbocycles. The first-order valence-electron chi connectivity index (χ1n) is 7.25. The monoisotopic (exact) mass is 281 g/mol. The molecule has 1 aliphatic heterocycles. The molecule has 2 N–H and O–H groups in total. The Balaban J connectivity index is 2.33. The zero-order valence-electron chi connectivity index (χ0n) is 12.2. The molecule has 0 amide bonds. The number of anilines is 1. The van der Waals surface area contributed by atoms with Crippen molar-refractivity contribution in [1.82, 2.24) is 9.78 Å². The number of nitrogens with zero attached hydrogens (tertiary/aromatic N) is 4. The number of aromatic nitrogens is 2. The number of piperidine rings is 1. The second kappa shape index (κ2) is 6.21. The lowest BCUT2D eigenvalue weighted by Crippen LogP contribution is -2.37. The number of aryl methyl sites for hydroxylation is 2. The molecule has 0 aromatic carbocycles. The first kappa shape index (κ1) is 14.8. The molecule has 7 nitrogen and oxygen atoms in total. The van der Waals surface area contributed by atoms with E-state index < -0.39 is 0 Å². The molecule has 1 atom stereocenters. The number of hydrogen-bond acceptors (Lipinski definition) is 5. The van der Waals surface area contributed by atoms with Crippen LogP contribution in [0.25, 0.3) is 0 Å². The maximum atomic E-state index is 11.3. The average Bonchev–Trinajstić information content (AvgIpc) is 2.76. The minimum absolute atomic E-state index is 0.153. The van der Waals surface area contributed by atoms with Crippen LogP contribution in [0.2, 0.25) is 0 Å². The SMILES string of the molecule is CCn1nc(C)c([N+](=O)[O-])c1N1CCCC(CCN)C1. The molecule has 2 heterocycles. The van der Waals surface area contributed by atoms with Gasteiger partial charge in [0.05, 0.1) is 4.92 Å². The van der Waals surface area contributed by atoms with Crippen molar-refractivity contribution >= 4 is 11.5 Å². The minimum Gasteiger partial charge on any atom is -0.351 e. The molecule has 7 heteroatoms. The van der Waals surface area contributed by atoms with E-state index in [1.165, 1.54) is 0 Å². The third-order valence-electron chi connectivity index (χ3n) is 3.95. The van der Waals surface area contributed by atoms with Gasteiger partial charge in [-0.3, -0.25) is 10.1 Å². The third kappa shape index (κ3) is 2.77. The van der Waals surface area contributed by atoms with Gasteiger partial charge in [-0.25, -0.2) is 4.68 Å². The Labute approximate surface area is 118 Å². The number of nitrogens with two attached hydrogens (primary N) is 1. The van der Waals surface area contributed by atoms with Gasteiger partial charge in [0.2, 0.25) is 5.82 Å². The van der Waals surface area contributed by atoms with E-state index in [0.29, 0.717) is 30.5 Å². The highest BCUT2D eigenvalue weighted by Gasteiger charge is 2.31. The maximum Gasteiger partial charge on any atom is 0.333 e. The molecule has 2 rings (SSSR count). The molecule has 0 radical (unpaired) electrons. The van der Waals surface area contributed by atoms with Crippen LogP contribution in [0.3, 0.4) is 0 Å². The Morgan fingerprint density at radius 2 is 2.30 bits per heavy atom. The molecule has 1 unspecified atom stereocenters. The lowest BCUT2D eigenvalue weighted by Gasteiger charge is -2.33. The Morgan fingerprint density at radius 3 is 2.90 bits per heavy atom. The van der Waals surface area contributed by atoms with Crippen LogP contribution in [-0.2, 0) is 6.54 Å². The van der Waals surface area contributed by atoms with Crippen molar-refractivity contribution in [2.24, 2.45) is 11.7 Å². The van der Waals surface area contributed by atoms with Gasteiger partial charge in [-0.15, -0.1) is 0 Å². The van der Waals surface area contributed by atoms with Crippen LogP contribution in [0.5, 0.6) is 0 Å². The molecule has 112 valence electrons. The van der Waals surface area contributed by atoms with Crippen LogP contribution in [0, 0.1) is 23.0 Å². The highest BCUT2D eigenvalue weighted by atomic mass is 16.6. The van der Waals surface area contributed by atoms with Crippen LogP contribution >= 0.6 is 0 Å². The summed E-state index contributed by atoms with van der Waals surface area (Å²) in [5, 5.41) is 15.6. The fourth-order valence-electron chi connectivity index (χ4n) is 3.04. The van der Waals surface area contributed by atoms with Crippen molar-refractivity contribution in [3.63, 3.8) is 0 Å².